The minimum Gasteiger partial charge on any atom is -0.393 e. The van der Waals surface area contributed by atoms with Gasteiger partial charge in [-0.15, -0.1) is 0 Å². The summed E-state index contributed by atoms with van der Waals surface area (Å²) in [6.45, 7) is 4.48. The summed E-state index contributed by atoms with van der Waals surface area (Å²) < 4.78 is 0. The molecule has 1 saturated carbocycles. The van der Waals surface area contributed by atoms with E-state index in [2.05, 4.69) is 13.8 Å². The van der Waals surface area contributed by atoms with Gasteiger partial charge in [-0.05, 0) is 37.5 Å². The highest BCUT2D eigenvalue weighted by Crippen LogP contribution is 2.27. The number of hydrogen-bond donors (Lipinski definition) is 1. The first-order valence-electron chi connectivity index (χ1n) is 6.88. The van der Waals surface area contributed by atoms with E-state index in [4.69, 9.17) is 0 Å². The third-order valence-electron chi connectivity index (χ3n) is 3.73. The maximum atomic E-state index is 10.1. The van der Waals surface area contributed by atoms with Crippen LogP contribution in [0.4, 0.5) is 0 Å². The van der Waals surface area contributed by atoms with Crippen LogP contribution in [0.3, 0.4) is 0 Å². The van der Waals surface area contributed by atoms with Crippen molar-refractivity contribution in [3.63, 3.8) is 0 Å². The van der Waals surface area contributed by atoms with Crippen LogP contribution in [0.5, 0.6) is 0 Å². The van der Waals surface area contributed by atoms with E-state index in [0.717, 1.165) is 12.3 Å². The minimum atomic E-state index is -0.0227. The van der Waals surface area contributed by atoms with Crippen molar-refractivity contribution in [2.24, 2.45) is 11.8 Å². The van der Waals surface area contributed by atoms with E-state index < -0.39 is 0 Å². The SMILES string of the molecule is CC(C)CCC(O)C1CCCCCCC1. The van der Waals surface area contributed by atoms with Gasteiger partial charge in [-0.3, -0.25) is 0 Å². The lowest BCUT2D eigenvalue weighted by molar-refractivity contribution is 0.0781. The summed E-state index contributed by atoms with van der Waals surface area (Å²) in [4.78, 5) is 0. The first-order valence-corrected chi connectivity index (χ1v) is 6.88. The topological polar surface area (TPSA) is 20.2 Å². The Morgan fingerprint density at radius 3 is 2.00 bits per heavy atom. The van der Waals surface area contributed by atoms with E-state index in [1.807, 2.05) is 0 Å². The molecule has 1 N–H and O–H groups in total. The van der Waals surface area contributed by atoms with Crippen LogP contribution < -0.4 is 0 Å². The Labute approximate surface area is 95.3 Å². The summed E-state index contributed by atoms with van der Waals surface area (Å²) in [6.07, 6.45) is 11.5. The quantitative estimate of drug-likeness (QED) is 0.742. The largest absolute Gasteiger partial charge is 0.393 e. The molecule has 90 valence electrons. The third kappa shape index (κ3) is 5.55. The standard InChI is InChI=1S/C14H28O/c1-12(2)10-11-14(15)13-8-6-4-3-5-7-9-13/h12-15H,3-11H2,1-2H3. The lowest BCUT2D eigenvalue weighted by atomic mass is 9.85. The predicted molar refractivity (Wildman–Crippen MR) is 65.9 cm³/mol. The zero-order valence-corrected chi connectivity index (χ0v) is 10.5. The van der Waals surface area contributed by atoms with Gasteiger partial charge in [0.25, 0.3) is 0 Å². The molecule has 0 aromatic carbocycles. The van der Waals surface area contributed by atoms with Crippen LogP contribution >= 0.6 is 0 Å². The van der Waals surface area contributed by atoms with E-state index in [-0.39, 0.29) is 6.10 Å². The van der Waals surface area contributed by atoms with E-state index in [1.165, 1.54) is 51.4 Å². The minimum absolute atomic E-state index is 0.0227. The molecule has 1 rings (SSSR count). The number of rotatable bonds is 4. The van der Waals surface area contributed by atoms with Gasteiger partial charge in [0.2, 0.25) is 0 Å². The van der Waals surface area contributed by atoms with Crippen molar-refractivity contribution in [3.05, 3.63) is 0 Å². The third-order valence-corrected chi connectivity index (χ3v) is 3.73. The normalized spacial score (nSPS) is 22.4. The molecule has 0 saturated heterocycles. The molecule has 0 aromatic rings. The Balaban J connectivity index is 2.25. The molecule has 1 fully saturated rings. The summed E-state index contributed by atoms with van der Waals surface area (Å²) >= 11 is 0. The molecule has 0 aromatic heterocycles. The Kier molecular flexibility index (Phi) is 6.31. The fraction of sp³-hybridized carbons (Fsp3) is 1.00. The summed E-state index contributed by atoms with van der Waals surface area (Å²) in [5.74, 6) is 1.33. The molecule has 1 atom stereocenters. The van der Waals surface area contributed by atoms with Gasteiger partial charge in [0, 0.05) is 0 Å². The van der Waals surface area contributed by atoms with Crippen LogP contribution in [-0.2, 0) is 0 Å². The van der Waals surface area contributed by atoms with Crippen molar-refractivity contribution >= 4 is 0 Å². The molecule has 1 aliphatic rings. The average Bonchev–Trinajstić information content (AvgIpc) is 2.13. The molecular weight excluding hydrogens is 184 g/mol. The molecule has 0 amide bonds. The monoisotopic (exact) mass is 212 g/mol. The number of hydrogen-bond acceptors (Lipinski definition) is 1. The van der Waals surface area contributed by atoms with Gasteiger partial charge in [-0.1, -0.05) is 46.0 Å². The zero-order valence-electron chi connectivity index (χ0n) is 10.5. The molecule has 0 heterocycles. The second-order valence-electron chi connectivity index (χ2n) is 5.64. The summed E-state index contributed by atoms with van der Waals surface area (Å²) in [7, 11) is 0. The highest BCUT2D eigenvalue weighted by atomic mass is 16.3. The molecule has 0 bridgehead atoms. The zero-order chi connectivity index (χ0) is 11.1. The van der Waals surface area contributed by atoms with Crippen LogP contribution in [0.15, 0.2) is 0 Å². The van der Waals surface area contributed by atoms with Crippen LogP contribution in [0.25, 0.3) is 0 Å². The van der Waals surface area contributed by atoms with Crippen molar-refractivity contribution in [2.75, 3.05) is 0 Å². The molecule has 1 aliphatic carbocycles. The van der Waals surface area contributed by atoms with Crippen LogP contribution in [0.1, 0.15) is 71.6 Å². The maximum absolute atomic E-state index is 10.1. The molecular formula is C14H28O. The van der Waals surface area contributed by atoms with Crippen molar-refractivity contribution in [1.29, 1.82) is 0 Å². The van der Waals surface area contributed by atoms with Crippen LogP contribution in [-0.4, -0.2) is 11.2 Å². The molecule has 1 nitrogen and oxygen atoms in total. The summed E-state index contributed by atoms with van der Waals surface area (Å²) in [5.41, 5.74) is 0. The van der Waals surface area contributed by atoms with E-state index in [0.29, 0.717) is 5.92 Å². The maximum Gasteiger partial charge on any atom is 0.0568 e. The van der Waals surface area contributed by atoms with Gasteiger partial charge in [0.1, 0.15) is 0 Å². The van der Waals surface area contributed by atoms with Crippen molar-refractivity contribution in [3.8, 4) is 0 Å². The lowest BCUT2D eigenvalue weighted by Gasteiger charge is -2.25. The van der Waals surface area contributed by atoms with E-state index in [1.54, 1.807) is 0 Å². The van der Waals surface area contributed by atoms with E-state index >= 15 is 0 Å². The number of aliphatic hydroxyl groups excluding tert-OH is 1. The first-order chi connectivity index (χ1) is 7.20. The molecule has 1 unspecified atom stereocenters. The van der Waals surface area contributed by atoms with Gasteiger partial charge in [-0.2, -0.15) is 0 Å². The second-order valence-corrected chi connectivity index (χ2v) is 5.64. The smallest absolute Gasteiger partial charge is 0.0568 e. The highest BCUT2D eigenvalue weighted by Gasteiger charge is 2.19. The van der Waals surface area contributed by atoms with Crippen LogP contribution in [0.2, 0.25) is 0 Å². The fourth-order valence-corrected chi connectivity index (χ4v) is 2.61. The highest BCUT2D eigenvalue weighted by molar-refractivity contribution is 4.71. The lowest BCUT2D eigenvalue weighted by Crippen LogP contribution is -2.22. The average molecular weight is 212 g/mol. The van der Waals surface area contributed by atoms with Gasteiger partial charge in [-0.25, -0.2) is 0 Å². The second kappa shape index (κ2) is 7.27. The van der Waals surface area contributed by atoms with Gasteiger partial charge < -0.3 is 5.11 Å². The Morgan fingerprint density at radius 2 is 1.47 bits per heavy atom. The Morgan fingerprint density at radius 1 is 0.933 bits per heavy atom. The summed E-state index contributed by atoms with van der Waals surface area (Å²) in [5, 5.41) is 10.1. The molecule has 0 aliphatic heterocycles. The Bertz CT molecular complexity index is 145. The summed E-state index contributed by atoms with van der Waals surface area (Å²) in [6, 6.07) is 0. The predicted octanol–water partition coefficient (Wildman–Crippen LogP) is 4.14. The van der Waals surface area contributed by atoms with Crippen LogP contribution in [0, 0.1) is 11.8 Å². The molecule has 1 heteroatoms. The Hall–Kier alpha value is -0.0400. The van der Waals surface area contributed by atoms with Gasteiger partial charge in [0.15, 0.2) is 0 Å². The first kappa shape index (κ1) is 13.0. The molecule has 0 radical (unpaired) electrons. The van der Waals surface area contributed by atoms with Crippen molar-refractivity contribution in [1.82, 2.24) is 0 Å². The molecule has 15 heavy (non-hydrogen) atoms. The number of aliphatic hydroxyl groups is 1. The molecule has 0 spiro atoms. The van der Waals surface area contributed by atoms with E-state index in [9.17, 15) is 5.11 Å². The van der Waals surface area contributed by atoms with Crippen molar-refractivity contribution in [2.45, 2.75) is 77.7 Å². The van der Waals surface area contributed by atoms with Crippen molar-refractivity contribution < 1.29 is 5.11 Å². The van der Waals surface area contributed by atoms with Gasteiger partial charge >= 0.3 is 0 Å². The van der Waals surface area contributed by atoms with Gasteiger partial charge in [0.05, 0.1) is 6.10 Å². The fourth-order valence-electron chi connectivity index (χ4n) is 2.61.